The van der Waals surface area contributed by atoms with Gasteiger partial charge >= 0.3 is 5.97 Å². The summed E-state index contributed by atoms with van der Waals surface area (Å²) in [7, 11) is 0. The van der Waals surface area contributed by atoms with Gasteiger partial charge in [0.1, 0.15) is 11.5 Å². The monoisotopic (exact) mass is 319 g/mol. The molecule has 2 aromatic carbocycles. The fraction of sp³-hybridized carbons (Fsp3) is 0.100. The van der Waals surface area contributed by atoms with E-state index in [0.29, 0.717) is 18.4 Å². The van der Waals surface area contributed by atoms with Gasteiger partial charge in [0.25, 0.3) is 0 Å². The molecule has 4 nitrogen and oxygen atoms in total. The summed E-state index contributed by atoms with van der Waals surface area (Å²) in [6.07, 6.45) is 4.38. The number of carboxylic acids is 1. The molecule has 0 bridgehead atoms. The number of carbonyl (C=O) groups is 1. The second-order valence-electron chi connectivity index (χ2n) is 5.36. The number of aromatic carboxylic acids is 1. The lowest BCUT2D eigenvalue weighted by Crippen LogP contribution is -2.04. The Hall–Kier alpha value is -3.14. The Balaban J connectivity index is 1.78. The van der Waals surface area contributed by atoms with Gasteiger partial charge in [0.05, 0.1) is 5.56 Å². The van der Waals surface area contributed by atoms with Gasteiger partial charge in [-0.1, -0.05) is 36.4 Å². The molecule has 0 unspecified atom stereocenters. The summed E-state index contributed by atoms with van der Waals surface area (Å²) in [5.41, 5.74) is 2.05. The molecule has 3 aromatic rings. The summed E-state index contributed by atoms with van der Waals surface area (Å²) in [4.78, 5) is 15.3. The summed E-state index contributed by atoms with van der Waals surface area (Å²) in [5, 5.41) is 9.26. The van der Waals surface area contributed by atoms with Gasteiger partial charge in [0.15, 0.2) is 0 Å². The number of nitrogens with zero attached hydrogens (tertiary/aromatic N) is 1. The minimum atomic E-state index is -0.929. The lowest BCUT2D eigenvalue weighted by molar-refractivity contribution is 0.0695. The predicted molar refractivity (Wildman–Crippen MR) is 91.6 cm³/mol. The Bertz CT molecular complexity index is 831. The molecule has 0 saturated carbocycles. The number of ether oxygens (including phenoxy) is 1. The number of para-hydroxylation sites is 2. The predicted octanol–water partition coefficient (Wildman–Crippen LogP) is 4.36. The Labute approximate surface area is 140 Å². The van der Waals surface area contributed by atoms with Crippen LogP contribution in [0.4, 0.5) is 0 Å². The number of carboxylic acid groups (broad SMARTS) is 1. The van der Waals surface area contributed by atoms with Gasteiger partial charge in [-0.2, -0.15) is 0 Å². The number of hydrogen-bond donors (Lipinski definition) is 1. The first-order valence-corrected chi connectivity index (χ1v) is 7.71. The Kier molecular flexibility index (Phi) is 4.87. The number of aryl methyl sites for hydroxylation is 2. The van der Waals surface area contributed by atoms with Crippen molar-refractivity contribution in [2.24, 2.45) is 0 Å². The van der Waals surface area contributed by atoms with E-state index in [1.54, 1.807) is 6.20 Å². The highest BCUT2D eigenvalue weighted by atomic mass is 16.5. The topological polar surface area (TPSA) is 59.4 Å². The minimum absolute atomic E-state index is 0.298. The molecule has 1 N–H and O–H groups in total. The molecule has 24 heavy (non-hydrogen) atoms. The molecule has 0 amide bonds. The Morgan fingerprint density at radius 3 is 2.42 bits per heavy atom. The maximum atomic E-state index is 11.3. The van der Waals surface area contributed by atoms with E-state index in [9.17, 15) is 9.90 Å². The van der Waals surface area contributed by atoms with Crippen LogP contribution < -0.4 is 4.74 Å². The van der Waals surface area contributed by atoms with Gasteiger partial charge in [-0.3, -0.25) is 4.98 Å². The molecule has 3 rings (SSSR count). The van der Waals surface area contributed by atoms with Crippen molar-refractivity contribution < 1.29 is 14.6 Å². The summed E-state index contributed by atoms with van der Waals surface area (Å²) in [6.45, 7) is 0. The highest BCUT2D eigenvalue weighted by molar-refractivity contribution is 5.89. The number of rotatable bonds is 6. The van der Waals surface area contributed by atoms with E-state index in [2.05, 4.69) is 4.98 Å². The van der Waals surface area contributed by atoms with Crippen LogP contribution in [-0.2, 0) is 12.8 Å². The summed E-state index contributed by atoms with van der Waals surface area (Å²) in [6, 6.07) is 18.9. The van der Waals surface area contributed by atoms with Crippen LogP contribution in [0, 0.1) is 0 Å². The SMILES string of the molecule is O=C(O)c1ccncc1CCc1ccccc1Oc1ccccc1. The zero-order chi connectivity index (χ0) is 16.8. The summed E-state index contributed by atoms with van der Waals surface area (Å²) < 4.78 is 5.94. The van der Waals surface area contributed by atoms with E-state index in [0.717, 1.165) is 22.6 Å². The molecule has 0 fully saturated rings. The zero-order valence-electron chi connectivity index (χ0n) is 13.1. The first-order valence-electron chi connectivity index (χ1n) is 7.71. The van der Waals surface area contributed by atoms with Crippen molar-refractivity contribution >= 4 is 5.97 Å². The van der Waals surface area contributed by atoms with E-state index in [1.807, 2.05) is 54.6 Å². The number of hydrogen-bond acceptors (Lipinski definition) is 3. The third-order valence-electron chi connectivity index (χ3n) is 3.74. The van der Waals surface area contributed by atoms with Crippen molar-refractivity contribution in [2.75, 3.05) is 0 Å². The smallest absolute Gasteiger partial charge is 0.336 e. The van der Waals surface area contributed by atoms with E-state index in [4.69, 9.17) is 4.74 Å². The van der Waals surface area contributed by atoms with Crippen LogP contribution in [0.15, 0.2) is 73.1 Å². The van der Waals surface area contributed by atoms with Gasteiger partial charge < -0.3 is 9.84 Å². The molecule has 0 aliphatic rings. The molecule has 120 valence electrons. The molecule has 0 spiro atoms. The third-order valence-corrected chi connectivity index (χ3v) is 3.74. The highest BCUT2D eigenvalue weighted by Gasteiger charge is 2.11. The fourth-order valence-corrected chi connectivity index (χ4v) is 2.53. The lowest BCUT2D eigenvalue weighted by Gasteiger charge is -2.11. The third kappa shape index (κ3) is 3.79. The van der Waals surface area contributed by atoms with Gasteiger partial charge in [-0.15, -0.1) is 0 Å². The molecule has 0 atom stereocenters. The van der Waals surface area contributed by atoms with Gasteiger partial charge in [0, 0.05) is 12.4 Å². The second kappa shape index (κ2) is 7.42. The summed E-state index contributed by atoms with van der Waals surface area (Å²) in [5.74, 6) is 0.628. The van der Waals surface area contributed by atoms with Crippen molar-refractivity contribution in [2.45, 2.75) is 12.8 Å². The molecular formula is C20H17NO3. The molecule has 0 aliphatic heterocycles. The van der Waals surface area contributed by atoms with Crippen molar-refractivity contribution in [3.05, 3.63) is 89.7 Å². The average Bonchev–Trinajstić information content (AvgIpc) is 2.62. The second-order valence-corrected chi connectivity index (χ2v) is 5.36. The van der Waals surface area contributed by atoms with Gasteiger partial charge in [-0.05, 0) is 48.2 Å². The number of benzene rings is 2. The van der Waals surface area contributed by atoms with Crippen molar-refractivity contribution in [3.8, 4) is 11.5 Å². The van der Waals surface area contributed by atoms with Crippen LogP contribution in [0.1, 0.15) is 21.5 Å². The summed E-state index contributed by atoms with van der Waals surface area (Å²) >= 11 is 0. The first kappa shape index (κ1) is 15.7. The van der Waals surface area contributed by atoms with Gasteiger partial charge in [-0.25, -0.2) is 4.79 Å². The molecular weight excluding hydrogens is 302 g/mol. The quantitative estimate of drug-likeness (QED) is 0.733. The Morgan fingerprint density at radius 2 is 1.62 bits per heavy atom. The molecule has 0 saturated heterocycles. The lowest BCUT2D eigenvalue weighted by atomic mass is 10.0. The van der Waals surface area contributed by atoms with E-state index >= 15 is 0 Å². The van der Waals surface area contributed by atoms with Crippen LogP contribution in [0.5, 0.6) is 11.5 Å². The van der Waals surface area contributed by atoms with Crippen molar-refractivity contribution in [3.63, 3.8) is 0 Å². The molecule has 1 heterocycles. The van der Waals surface area contributed by atoms with Crippen LogP contribution in [0.3, 0.4) is 0 Å². The standard InChI is InChI=1S/C20H17NO3/c22-20(23)18-12-13-21-14-16(18)11-10-15-6-4-5-9-19(15)24-17-7-2-1-3-8-17/h1-9,12-14H,10-11H2,(H,22,23). The maximum Gasteiger partial charge on any atom is 0.336 e. The van der Waals surface area contributed by atoms with E-state index < -0.39 is 5.97 Å². The molecule has 0 radical (unpaired) electrons. The van der Waals surface area contributed by atoms with Crippen molar-refractivity contribution in [1.82, 2.24) is 4.98 Å². The highest BCUT2D eigenvalue weighted by Crippen LogP contribution is 2.26. The minimum Gasteiger partial charge on any atom is -0.478 e. The van der Waals surface area contributed by atoms with Crippen molar-refractivity contribution in [1.29, 1.82) is 0 Å². The van der Waals surface area contributed by atoms with Crippen LogP contribution in [-0.4, -0.2) is 16.1 Å². The maximum absolute atomic E-state index is 11.3. The number of pyridine rings is 1. The van der Waals surface area contributed by atoms with Crippen LogP contribution >= 0.6 is 0 Å². The zero-order valence-corrected chi connectivity index (χ0v) is 13.1. The Morgan fingerprint density at radius 1 is 0.917 bits per heavy atom. The molecule has 4 heteroatoms. The normalized spacial score (nSPS) is 10.3. The fourth-order valence-electron chi connectivity index (χ4n) is 2.53. The van der Waals surface area contributed by atoms with Gasteiger partial charge in [0.2, 0.25) is 0 Å². The largest absolute Gasteiger partial charge is 0.478 e. The van der Waals surface area contributed by atoms with E-state index in [1.165, 1.54) is 12.3 Å². The first-order chi connectivity index (χ1) is 11.7. The van der Waals surface area contributed by atoms with Crippen LogP contribution in [0.25, 0.3) is 0 Å². The molecule has 1 aromatic heterocycles. The number of aromatic nitrogens is 1. The van der Waals surface area contributed by atoms with Crippen LogP contribution in [0.2, 0.25) is 0 Å². The van der Waals surface area contributed by atoms with E-state index in [-0.39, 0.29) is 0 Å². The molecule has 0 aliphatic carbocycles. The average molecular weight is 319 g/mol.